The Kier molecular flexibility index (Phi) is 2.44. The Morgan fingerprint density at radius 1 is 1.41 bits per heavy atom. The predicted octanol–water partition coefficient (Wildman–Crippen LogP) is 2.79. The van der Waals surface area contributed by atoms with Crippen LogP contribution in [0.4, 0.5) is 0 Å². The Labute approximate surface area is 103 Å². The van der Waals surface area contributed by atoms with E-state index in [1.165, 1.54) is 15.0 Å². The maximum absolute atomic E-state index is 11.5. The normalized spacial score (nSPS) is 19.5. The Morgan fingerprint density at radius 2 is 2.24 bits per heavy atom. The predicted molar refractivity (Wildman–Crippen MR) is 68.5 cm³/mol. The monoisotopic (exact) mass is 245 g/mol. The molecule has 0 saturated carbocycles. The number of ether oxygens (including phenoxy) is 1. The summed E-state index contributed by atoms with van der Waals surface area (Å²) in [5.74, 6) is 0.237. The Balaban J connectivity index is 1.88. The van der Waals surface area contributed by atoms with Crippen LogP contribution in [0.5, 0.6) is 0 Å². The van der Waals surface area contributed by atoms with Gasteiger partial charge in [-0.25, -0.2) is 9.79 Å². The molecule has 0 amide bonds. The number of thiophene rings is 1. The molecule has 3 rings (SSSR count). The second-order valence-corrected chi connectivity index (χ2v) is 5.21. The van der Waals surface area contributed by atoms with E-state index in [9.17, 15) is 4.79 Å². The zero-order valence-corrected chi connectivity index (χ0v) is 10.2. The molecule has 0 aliphatic carbocycles. The zero-order chi connectivity index (χ0) is 11.8. The lowest BCUT2D eigenvalue weighted by Crippen LogP contribution is -2.16. The number of aliphatic imine (C=N–C) groups is 1. The summed E-state index contributed by atoms with van der Waals surface area (Å²) in [6.45, 7) is 1.71. The third-order valence-electron chi connectivity index (χ3n) is 2.73. The van der Waals surface area contributed by atoms with Crippen molar-refractivity contribution < 1.29 is 9.53 Å². The van der Waals surface area contributed by atoms with Gasteiger partial charge in [-0.2, -0.15) is 0 Å². The zero-order valence-electron chi connectivity index (χ0n) is 9.34. The molecule has 1 aliphatic heterocycles. The van der Waals surface area contributed by atoms with Gasteiger partial charge in [0.2, 0.25) is 0 Å². The van der Waals surface area contributed by atoms with Gasteiger partial charge in [-0.1, -0.05) is 18.2 Å². The summed E-state index contributed by atoms with van der Waals surface area (Å²) in [4.78, 5) is 16.8. The van der Waals surface area contributed by atoms with Crippen molar-refractivity contribution >= 4 is 33.3 Å². The van der Waals surface area contributed by atoms with Gasteiger partial charge in [0.15, 0.2) is 11.9 Å². The van der Waals surface area contributed by atoms with Crippen LogP contribution in [0.15, 0.2) is 35.3 Å². The number of rotatable bonds is 2. The lowest BCUT2D eigenvalue weighted by molar-refractivity contribution is -0.134. The van der Waals surface area contributed by atoms with Crippen molar-refractivity contribution in [2.45, 2.75) is 19.4 Å². The summed E-state index contributed by atoms with van der Waals surface area (Å²) in [5.41, 5.74) is 0. The van der Waals surface area contributed by atoms with E-state index in [4.69, 9.17) is 4.74 Å². The molecule has 2 heterocycles. The first kappa shape index (κ1) is 10.5. The molecule has 4 heteroatoms. The van der Waals surface area contributed by atoms with E-state index in [1.54, 1.807) is 18.3 Å². The molecule has 1 aromatic heterocycles. The van der Waals surface area contributed by atoms with Crippen molar-refractivity contribution in [3.05, 3.63) is 35.2 Å². The molecular weight excluding hydrogens is 234 g/mol. The maximum Gasteiger partial charge on any atom is 0.337 e. The van der Waals surface area contributed by atoms with Gasteiger partial charge < -0.3 is 4.74 Å². The lowest BCUT2D eigenvalue weighted by Gasteiger charge is -1.99. The summed E-state index contributed by atoms with van der Waals surface area (Å²) in [6, 6.07) is 9.97. The van der Waals surface area contributed by atoms with Crippen molar-refractivity contribution in [2.75, 3.05) is 0 Å². The molecule has 86 valence electrons. The smallest absolute Gasteiger partial charge is 0.337 e. The van der Waals surface area contributed by atoms with Gasteiger partial charge in [0.1, 0.15) is 0 Å². The molecular formula is C13H11NO2S. The van der Waals surface area contributed by atoms with Gasteiger partial charge in [0.05, 0.1) is 0 Å². The molecule has 0 spiro atoms. The summed E-state index contributed by atoms with van der Waals surface area (Å²) in [7, 11) is 0. The second-order valence-electron chi connectivity index (χ2n) is 4.04. The van der Waals surface area contributed by atoms with E-state index >= 15 is 0 Å². The molecule has 0 bridgehead atoms. The van der Waals surface area contributed by atoms with Crippen LogP contribution in [0.2, 0.25) is 0 Å². The molecule has 3 nitrogen and oxygen atoms in total. The van der Waals surface area contributed by atoms with Crippen LogP contribution in [0.3, 0.4) is 0 Å². The first-order valence-corrected chi connectivity index (χ1v) is 6.27. The number of hydrogen-bond acceptors (Lipinski definition) is 4. The van der Waals surface area contributed by atoms with Crippen molar-refractivity contribution in [3.8, 4) is 0 Å². The molecule has 2 aromatic rings. The first-order valence-electron chi connectivity index (χ1n) is 5.46. The number of nitrogens with zero attached hydrogens (tertiary/aromatic N) is 1. The van der Waals surface area contributed by atoms with Crippen LogP contribution in [0.1, 0.15) is 11.8 Å². The van der Waals surface area contributed by atoms with Crippen molar-refractivity contribution in [2.24, 2.45) is 4.99 Å². The lowest BCUT2D eigenvalue weighted by atomic mass is 10.2. The summed E-state index contributed by atoms with van der Waals surface area (Å²) in [5, 5.41) is 1.22. The Morgan fingerprint density at radius 3 is 2.94 bits per heavy atom. The first-order chi connectivity index (χ1) is 8.22. The Hall–Kier alpha value is -1.68. The number of cyclic esters (lactones) is 1. The highest BCUT2D eigenvalue weighted by atomic mass is 32.1. The highest BCUT2D eigenvalue weighted by Crippen LogP contribution is 2.27. The molecule has 0 N–H and O–H groups in total. The number of carbonyl (C=O) groups excluding carboxylic acids is 1. The fraction of sp³-hybridized carbons (Fsp3) is 0.231. The van der Waals surface area contributed by atoms with Crippen LogP contribution < -0.4 is 0 Å². The standard InChI is InChI=1S/C13H11NO2S/c1-8-14-11(13(15)16-8)7-10-6-9-4-2-3-5-12(9)17-10/h2-6,11H,7H2,1H3/t11-/m0/s1. The largest absolute Gasteiger partial charge is 0.411 e. The van der Waals surface area contributed by atoms with Crippen molar-refractivity contribution in [3.63, 3.8) is 0 Å². The maximum atomic E-state index is 11.5. The highest BCUT2D eigenvalue weighted by Gasteiger charge is 2.27. The van der Waals surface area contributed by atoms with Crippen LogP contribution in [-0.2, 0) is 16.0 Å². The average Bonchev–Trinajstić information content (AvgIpc) is 2.82. The minimum atomic E-state index is -0.358. The second kappa shape index (κ2) is 3.96. The summed E-state index contributed by atoms with van der Waals surface area (Å²) < 4.78 is 6.18. The molecule has 0 saturated heterocycles. The van der Waals surface area contributed by atoms with Gasteiger partial charge >= 0.3 is 5.97 Å². The van der Waals surface area contributed by atoms with Gasteiger partial charge in [-0.15, -0.1) is 11.3 Å². The number of carbonyl (C=O) groups is 1. The molecule has 1 aromatic carbocycles. The van der Waals surface area contributed by atoms with E-state index in [1.807, 2.05) is 12.1 Å². The SMILES string of the molecule is CC1=N[C@@H](Cc2cc3ccccc3s2)C(=O)O1. The van der Waals surface area contributed by atoms with E-state index in [0.29, 0.717) is 12.3 Å². The number of fused-ring (bicyclic) bond motifs is 1. The summed E-state index contributed by atoms with van der Waals surface area (Å²) in [6.07, 6.45) is 0.634. The van der Waals surface area contributed by atoms with Crippen LogP contribution in [0.25, 0.3) is 10.1 Å². The number of benzene rings is 1. The fourth-order valence-corrected chi connectivity index (χ4v) is 3.07. The number of esters is 1. The van der Waals surface area contributed by atoms with E-state index in [-0.39, 0.29) is 12.0 Å². The quantitative estimate of drug-likeness (QED) is 0.763. The Bertz CT molecular complexity index is 582. The fourth-order valence-electron chi connectivity index (χ4n) is 1.97. The third kappa shape index (κ3) is 1.96. The summed E-state index contributed by atoms with van der Waals surface area (Å²) >= 11 is 1.71. The molecule has 0 fully saturated rings. The van der Waals surface area contributed by atoms with E-state index < -0.39 is 0 Å². The van der Waals surface area contributed by atoms with Gasteiger partial charge in [0, 0.05) is 22.9 Å². The van der Waals surface area contributed by atoms with Gasteiger partial charge in [-0.05, 0) is 17.5 Å². The molecule has 17 heavy (non-hydrogen) atoms. The van der Waals surface area contributed by atoms with E-state index in [2.05, 4.69) is 23.2 Å². The van der Waals surface area contributed by atoms with Crippen LogP contribution in [-0.4, -0.2) is 17.9 Å². The topological polar surface area (TPSA) is 38.7 Å². The minimum absolute atomic E-state index is 0.236. The van der Waals surface area contributed by atoms with Gasteiger partial charge in [-0.3, -0.25) is 0 Å². The molecule has 0 unspecified atom stereocenters. The van der Waals surface area contributed by atoms with Gasteiger partial charge in [0.25, 0.3) is 0 Å². The molecule has 0 radical (unpaired) electrons. The molecule has 1 aliphatic rings. The van der Waals surface area contributed by atoms with Crippen molar-refractivity contribution in [1.29, 1.82) is 0 Å². The number of hydrogen-bond donors (Lipinski definition) is 0. The van der Waals surface area contributed by atoms with Crippen molar-refractivity contribution in [1.82, 2.24) is 0 Å². The average molecular weight is 245 g/mol. The molecule has 1 atom stereocenters. The minimum Gasteiger partial charge on any atom is -0.411 e. The highest BCUT2D eigenvalue weighted by molar-refractivity contribution is 7.19. The van der Waals surface area contributed by atoms with Crippen LogP contribution >= 0.6 is 11.3 Å². The third-order valence-corrected chi connectivity index (χ3v) is 3.87. The van der Waals surface area contributed by atoms with Crippen LogP contribution in [0, 0.1) is 0 Å². The van der Waals surface area contributed by atoms with E-state index in [0.717, 1.165) is 0 Å².